The number of nitrogen functional groups attached to an aromatic ring is 1. The topological polar surface area (TPSA) is 68.2 Å². The van der Waals surface area contributed by atoms with Crippen LogP contribution in [-0.2, 0) is 6.42 Å². The molecule has 0 spiro atoms. The summed E-state index contributed by atoms with van der Waals surface area (Å²) >= 11 is 1.72. The average molecular weight is 452 g/mol. The molecule has 5 aromatic rings. The number of nitrogens with one attached hydrogen (secondary N) is 1. The number of hydrogen-bond donors (Lipinski definition) is 2. The maximum Gasteiger partial charge on any atom is 0.137 e. The zero-order valence-electron chi connectivity index (χ0n) is 18.7. The molecule has 33 heavy (non-hydrogen) atoms. The minimum atomic E-state index is 0.700. The number of anilines is 2. The summed E-state index contributed by atoms with van der Waals surface area (Å²) in [7, 11) is 0. The number of fused-ring (bicyclic) bond motifs is 1. The number of rotatable bonds is 6. The number of benzene rings is 2. The van der Waals surface area contributed by atoms with Crippen molar-refractivity contribution in [2.75, 3.05) is 11.1 Å². The van der Waals surface area contributed by atoms with Crippen molar-refractivity contribution in [3.8, 4) is 10.6 Å². The van der Waals surface area contributed by atoms with Crippen molar-refractivity contribution in [2.45, 2.75) is 20.3 Å². The second-order valence-corrected chi connectivity index (χ2v) is 9.28. The molecule has 3 N–H and O–H groups in total. The molecule has 2 aromatic carbocycles. The number of aryl methyl sites for hydroxylation is 2. The van der Waals surface area contributed by atoms with Crippen LogP contribution in [0.15, 0.2) is 79.6 Å². The van der Waals surface area contributed by atoms with Crippen LogP contribution in [0, 0.1) is 13.8 Å². The molecule has 3 heterocycles. The molecule has 164 valence electrons. The van der Waals surface area contributed by atoms with Gasteiger partial charge in [-0.25, -0.2) is 9.97 Å². The first-order valence-corrected chi connectivity index (χ1v) is 11.6. The normalized spacial score (nSPS) is 11.1. The van der Waals surface area contributed by atoms with Gasteiger partial charge in [0.2, 0.25) is 0 Å². The quantitative estimate of drug-likeness (QED) is 0.296. The molecule has 0 aliphatic carbocycles. The molecule has 3 aromatic heterocycles. The lowest BCUT2D eigenvalue weighted by Crippen LogP contribution is -2.00. The maximum atomic E-state index is 6.03. The summed E-state index contributed by atoms with van der Waals surface area (Å²) in [4.78, 5) is 10.5. The van der Waals surface area contributed by atoms with Gasteiger partial charge >= 0.3 is 0 Å². The Labute approximate surface area is 197 Å². The molecule has 0 radical (unpaired) electrons. The highest BCUT2D eigenvalue weighted by atomic mass is 32.1. The smallest absolute Gasteiger partial charge is 0.137 e. The van der Waals surface area contributed by atoms with Crippen LogP contribution >= 0.6 is 11.3 Å². The van der Waals surface area contributed by atoms with Gasteiger partial charge in [0.15, 0.2) is 0 Å². The molecule has 5 nitrogen and oxygen atoms in total. The summed E-state index contributed by atoms with van der Waals surface area (Å²) in [5, 5.41) is 4.38. The van der Waals surface area contributed by atoms with E-state index >= 15 is 0 Å². The molecule has 0 bridgehead atoms. The van der Waals surface area contributed by atoms with E-state index in [2.05, 4.69) is 77.7 Å². The first-order valence-electron chi connectivity index (χ1n) is 10.8. The number of para-hydroxylation sites is 2. The van der Waals surface area contributed by atoms with E-state index in [0.29, 0.717) is 5.69 Å². The van der Waals surface area contributed by atoms with Crippen LogP contribution < -0.4 is 11.1 Å². The minimum absolute atomic E-state index is 0.700. The van der Waals surface area contributed by atoms with Crippen molar-refractivity contribution in [2.24, 2.45) is 0 Å². The predicted molar refractivity (Wildman–Crippen MR) is 139 cm³/mol. The lowest BCUT2D eigenvalue weighted by Gasteiger charge is -2.12. The molecular formula is C27H25N5S. The fourth-order valence-corrected chi connectivity index (χ4v) is 4.95. The number of imidazole rings is 1. The third-order valence-electron chi connectivity index (χ3n) is 5.65. The van der Waals surface area contributed by atoms with Crippen LogP contribution in [0.25, 0.3) is 21.9 Å². The molecule has 0 unspecified atom stereocenters. The van der Waals surface area contributed by atoms with Crippen LogP contribution in [0.2, 0.25) is 0 Å². The highest BCUT2D eigenvalue weighted by molar-refractivity contribution is 7.15. The van der Waals surface area contributed by atoms with Crippen LogP contribution in [0.3, 0.4) is 0 Å². The standard InChI is InChI=1S/C27H25N5S/c1-17-12-13-32-25(14-17)31-19(3)27(32)24-16-29-26(33-24)15-20-8-10-21(11-9-20)18(2)30-23-7-5-4-6-22(23)28/h4-14,16,30H,2,15,28H2,1,3H3. The summed E-state index contributed by atoms with van der Waals surface area (Å²) in [6, 6.07) is 20.3. The van der Waals surface area contributed by atoms with Gasteiger partial charge < -0.3 is 11.1 Å². The Hall–Kier alpha value is -3.90. The van der Waals surface area contributed by atoms with Gasteiger partial charge in [0.05, 0.1) is 32.6 Å². The predicted octanol–water partition coefficient (Wildman–Crippen LogP) is 6.33. The van der Waals surface area contributed by atoms with Gasteiger partial charge in [0.1, 0.15) is 5.65 Å². The summed E-state index contributed by atoms with van der Waals surface area (Å²) in [6.07, 6.45) is 4.83. The lowest BCUT2D eigenvalue weighted by atomic mass is 10.1. The largest absolute Gasteiger partial charge is 0.397 e. The van der Waals surface area contributed by atoms with Gasteiger partial charge in [-0.05, 0) is 54.8 Å². The highest BCUT2D eigenvalue weighted by Crippen LogP contribution is 2.31. The Morgan fingerprint density at radius 2 is 1.88 bits per heavy atom. The van der Waals surface area contributed by atoms with E-state index in [1.807, 2.05) is 30.5 Å². The van der Waals surface area contributed by atoms with Crippen molar-refractivity contribution in [3.05, 3.63) is 107 Å². The second kappa shape index (κ2) is 8.56. The molecule has 0 aliphatic heterocycles. The number of pyridine rings is 1. The minimum Gasteiger partial charge on any atom is -0.397 e. The number of hydrogen-bond acceptors (Lipinski definition) is 5. The molecule has 0 atom stereocenters. The Bertz CT molecular complexity index is 1460. The Kier molecular flexibility index (Phi) is 5.44. The lowest BCUT2D eigenvalue weighted by molar-refractivity contribution is 1.13. The first-order chi connectivity index (χ1) is 16.0. The fraction of sp³-hybridized carbons (Fsp3) is 0.111. The van der Waals surface area contributed by atoms with Crippen molar-refractivity contribution in [1.82, 2.24) is 14.4 Å². The van der Waals surface area contributed by atoms with E-state index in [1.54, 1.807) is 11.3 Å². The number of aromatic nitrogens is 3. The van der Waals surface area contributed by atoms with E-state index in [-0.39, 0.29) is 0 Å². The zero-order chi connectivity index (χ0) is 22.9. The SMILES string of the molecule is C=C(Nc1ccccc1N)c1ccc(Cc2ncc(-c3c(C)nc4cc(C)ccn34)s2)cc1. The van der Waals surface area contributed by atoms with Gasteiger partial charge in [-0.15, -0.1) is 11.3 Å². The zero-order valence-corrected chi connectivity index (χ0v) is 19.5. The van der Waals surface area contributed by atoms with Gasteiger partial charge in [-0.3, -0.25) is 4.40 Å². The van der Waals surface area contributed by atoms with Crippen molar-refractivity contribution in [1.29, 1.82) is 0 Å². The summed E-state index contributed by atoms with van der Waals surface area (Å²) in [6.45, 7) is 8.30. The van der Waals surface area contributed by atoms with E-state index in [0.717, 1.165) is 50.3 Å². The maximum absolute atomic E-state index is 6.03. The molecule has 0 fully saturated rings. The highest BCUT2D eigenvalue weighted by Gasteiger charge is 2.14. The monoisotopic (exact) mass is 451 g/mol. The van der Waals surface area contributed by atoms with Gasteiger partial charge in [-0.2, -0.15) is 0 Å². The summed E-state index contributed by atoms with van der Waals surface area (Å²) in [5.41, 5.74) is 14.9. The Balaban J connectivity index is 1.32. The van der Waals surface area contributed by atoms with E-state index in [4.69, 9.17) is 10.7 Å². The molecule has 0 aliphatic rings. The second-order valence-electron chi connectivity index (χ2n) is 8.16. The summed E-state index contributed by atoms with van der Waals surface area (Å²) in [5.74, 6) is 0. The fourth-order valence-electron chi connectivity index (χ4n) is 3.91. The number of nitrogens with zero attached hydrogens (tertiary/aromatic N) is 3. The molecule has 0 saturated carbocycles. The van der Waals surface area contributed by atoms with E-state index < -0.39 is 0 Å². The van der Waals surface area contributed by atoms with Gasteiger partial charge in [0.25, 0.3) is 0 Å². The van der Waals surface area contributed by atoms with Gasteiger partial charge in [0, 0.05) is 24.5 Å². The van der Waals surface area contributed by atoms with Gasteiger partial charge in [-0.1, -0.05) is 43.0 Å². The number of nitrogens with two attached hydrogens (primary N) is 1. The molecule has 6 heteroatoms. The Morgan fingerprint density at radius 1 is 1.09 bits per heavy atom. The molecular weight excluding hydrogens is 426 g/mol. The first kappa shape index (κ1) is 21.0. The van der Waals surface area contributed by atoms with Crippen molar-refractivity contribution in [3.63, 3.8) is 0 Å². The molecule has 5 rings (SSSR count). The van der Waals surface area contributed by atoms with Crippen molar-refractivity contribution >= 4 is 34.1 Å². The van der Waals surface area contributed by atoms with E-state index in [9.17, 15) is 0 Å². The number of thiazole rings is 1. The van der Waals surface area contributed by atoms with E-state index in [1.165, 1.54) is 11.1 Å². The Morgan fingerprint density at radius 3 is 2.67 bits per heavy atom. The third-order valence-corrected chi connectivity index (χ3v) is 6.65. The van der Waals surface area contributed by atoms with Crippen molar-refractivity contribution < 1.29 is 0 Å². The van der Waals surface area contributed by atoms with Crippen LogP contribution in [-0.4, -0.2) is 14.4 Å². The van der Waals surface area contributed by atoms with Crippen LogP contribution in [0.1, 0.15) is 27.4 Å². The molecule has 0 amide bonds. The van der Waals surface area contributed by atoms with Crippen LogP contribution in [0.5, 0.6) is 0 Å². The summed E-state index contributed by atoms with van der Waals surface area (Å²) < 4.78 is 2.15. The van der Waals surface area contributed by atoms with Crippen LogP contribution in [0.4, 0.5) is 11.4 Å². The third kappa shape index (κ3) is 4.25. The average Bonchev–Trinajstić information content (AvgIpc) is 3.38. The molecule has 0 saturated heterocycles.